The number of Topliss-reactive ketones (excluding diaryl/α,β-unsaturated/α-hetero) is 1. The molecule has 84 valence electrons. The Morgan fingerprint density at radius 1 is 1.40 bits per heavy atom. The highest BCUT2D eigenvalue weighted by molar-refractivity contribution is 5.78. The molecule has 1 saturated carbocycles. The lowest BCUT2D eigenvalue weighted by molar-refractivity contribution is -0.117. The molecule has 0 aromatic carbocycles. The Balaban J connectivity index is 1.87. The van der Waals surface area contributed by atoms with Crippen LogP contribution in [-0.4, -0.2) is 47.3 Å². The number of hydrogen-bond donors (Lipinski definition) is 0. The normalized spacial score (nSPS) is 22.1. The number of amides is 2. The van der Waals surface area contributed by atoms with Crippen molar-refractivity contribution in [2.24, 2.45) is 0 Å². The fourth-order valence-electron chi connectivity index (χ4n) is 2.03. The van der Waals surface area contributed by atoms with Crippen LogP contribution < -0.4 is 0 Å². The summed E-state index contributed by atoms with van der Waals surface area (Å²) in [5, 5.41) is 0. The van der Waals surface area contributed by atoms with Crippen LogP contribution in [0.15, 0.2) is 0 Å². The molecule has 0 atom stereocenters. The van der Waals surface area contributed by atoms with Crippen molar-refractivity contribution >= 4 is 11.8 Å². The minimum absolute atomic E-state index is 0.144. The van der Waals surface area contributed by atoms with Crippen LogP contribution in [-0.2, 0) is 4.79 Å². The Labute approximate surface area is 90.2 Å². The Morgan fingerprint density at radius 2 is 2.13 bits per heavy atom. The van der Waals surface area contributed by atoms with E-state index < -0.39 is 0 Å². The van der Waals surface area contributed by atoms with Crippen LogP contribution in [0.1, 0.15) is 32.6 Å². The summed E-state index contributed by atoms with van der Waals surface area (Å²) in [7, 11) is 0. The van der Waals surface area contributed by atoms with Gasteiger partial charge in [0.25, 0.3) is 0 Å². The van der Waals surface area contributed by atoms with Crippen LogP contribution in [0.3, 0.4) is 0 Å². The average molecular weight is 210 g/mol. The van der Waals surface area contributed by atoms with E-state index in [1.807, 2.05) is 9.80 Å². The van der Waals surface area contributed by atoms with Crippen LogP contribution in [0.5, 0.6) is 0 Å². The van der Waals surface area contributed by atoms with E-state index in [1.54, 1.807) is 6.92 Å². The fourth-order valence-corrected chi connectivity index (χ4v) is 2.03. The molecule has 1 aliphatic carbocycles. The number of nitrogens with zero attached hydrogens (tertiary/aromatic N) is 2. The molecule has 4 nitrogen and oxygen atoms in total. The molecule has 2 amide bonds. The van der Waals surface area contributed by atoms with Gasteiger partial charge < -0.3 is 9.80 Å². The molecule has 2 aliphatic rings. The molecule has 1 aliphatic heterocycles. The molecule has 1 saturated heterocycles. The largest absolute Gasteiger partial charge is 0.324 e. The van der Waals surface area contributed by atoms with E-state index in [9.17, 15) is 9.59 Å². The number of ketones is 1. The number of rotatable bonds is 4. The third kappa shape index (κ3) is 2.49. The molecule has 0 spiro atoms. The van der Waals surface area contributed by atoms with Gasteiger partial charge in [-0.3, -0.25) is 4.79 Å². The van der Waals surface area contributed by atoms with Gasteiger partial charge >= 0.3 is 6.03 Å². The summed E-state index contributed by atoms with van der Waals surface area (Å²) in [6.07, 6.45) is 3.85. The molecule has 15 heavy (non-hydrogen) atoms. The minimum Gasteiger partial charge on any atom is -0.324 e. The SMILES string of the molecule is CC(=O)CCN1CCCN(C2CC2)C1=O. The van der Waals surface area contributed by atoms with Crippen LogP contribution in [0.2, 0.25) is 0 Å². The van der Waals surface area contributed by atoms with Crippen molar-refractivity contribution < 1.29 is 9.59 Å². The molecule has 0 bridgehead atoms. The molecule has 0 unspecified atom stereocenters. The van der Waals surface area contributed by atoms with Gasteiger partial charge in [0.15, 0.2) is 0 Å². The Bertz CT molecular complexity index is 274. The van der Waals surface area contributed by atoms with Gasteiger partial charge in [0.05, 0.1) is 0 Å². The molecule has 2 fully saturated rings. The minimum atomic E-state index is 0.144. The van der Waals surface area contributed by atoms with Crippen LogP contribution in [0.25, 0.3) is 0 Å². The maximum absolute atomic E-state index is 12.0. The topological polar surface area (TPSA) is 40.6 Å². The van der Waals surface area contributed by atoms with E-state index in [2.05, 4.69) is 0 Å². The second kappa shape index (κ2) is 4.21. The van der Waals surface area contributed by atoms with Crippen molar-refractivity contribution in [1.29, 1.82) is 0 Å². The number of carbonyl (C=O) groups excluding carboxylic acids is 2. The smallest absolute Gasteiger partial charge is 0.320 e. The molecule has 0 N–H and O–H groups in total. The van der Waals surface area contributed by atoms with E-state index >= 15 is 0 Å². The average Bonchev–Trinajstić information content (AvgIpc) is 2.99. The molecular formula is C11H18N2O2. The zero-order chi connectivity index (χ0) is 10.8. The zero-order valence-electron chi connectivity index (χ0n) is 9.24. The molecule has 0 aromatic heterocycles. The van der Waals surface area contributed by atoms with Crippen molar-refractivity contribution in [3.05, 3.63) is 0 Å². The number of hydrogen-bond acceptors (Lipinski definition) is 2. The molecule has 0 radical (unpaired) electrons. The van der Waals surface area contributed by atoms with Gasteiger partial charge in [0, 0.05) is 32.1 Å². The summed E-state index contributed by atoms with van der Waals surface area (Å²) >= 11 is 0. The first-order valence-corrected chi connectivity index (χ1v) is 5.73. The van der Waals surface area contributed by atoms with Crippen LogP contribution in [0.4, 0.5) is 4.79 Å². The van der Waals surface area contributed by atoms with Crippen molar-refractivity contribution in [2.75, 3.05) is 19.6 Å². The first kappa shape index (κ1) is 10.5. The maximum atomic E-state index is 12.0. The number of urea groups is 1. The lowest BCUT2D eigenvalue weighted by Gasteiger charge is -2.35. The van der Waals surface area contributed by atoms with E-state index in [0.29, 0.717) is 19.0 Å². The molecule has 2 rings (SSSR count). The van der Waals surface area contributed by atoms with E-state index in [1.165, 1.54) is 0 Å². The third-order valence-electron chi connectivity index (χ3n) is 3.06. The highest BCUT2D eigenvalue weighted by Gasteiger charge is 2.36. The van der Waals surface area contributed by atoms with Gasteiger partial charge in [-0.15, -0.1) is 0 Å². The van der Waals surface area contributed by atoms with Gasteiger partial charge in [0.2, 0.25) is 0 Å². The quantitative estimate of drug-likeness (QED) is 0.700. The lowest BCUT2D eigenvalue weighted by atomic mass is 10.2. The summed E-state index contributed by atoms with van der Waals surface area (Å²) in [6, 6.07) is 0.641. The summed E-state index contributed by atoms with van der Waals surface area (Å²) in [4.78, 5) is 26.6. The third-order valence-corrected chi connectivity index (χ3v) is 3.06. The van der Waals surface area contributed by atoms with Gasteiger partial charge in [0.1, 0.15) is 5.78 Å². The summed E-state index contributed by atoms with van der Waals surface area (Å²) < 4.78 is 0. The standard InChI is InChI=1S/C11H18N2O2/c1-9(14)5-8-12-6-2-7-13(11(12)15)10-3-4-10/h10H,2-8H2,1H3. The maximum Gasteiger partial charge on any atom is 0.320 e. The molecule has 0 aromatic rings. The second-order valence-electron chi connectivity index (χ2n) is 4.50. The van der Waals surface area contributed by atoms with Crippen LogP contribution >= 0.6 is 0 Å². The Morgan fingerprint density at radius 3 is 2.73 bits per heavy atom. The highest BCUT2D eigenvalue weighted by atomic mass is 16.2. The first-order valence-electron chi connectivity index (χ1n) is 5.73. The Hall–Kier alpha value is -1.06. The summed E-state index contributed by atoms with van der Waals surface area (Å²) in [5.41, 5.74) is 0. The number of carbonyl (C=O) groups is 2. The van der Waals surface area contributed by atoms with Crippen LogP contribution in [0, 0.1) is 0 Å². The monoisotopic (exact) mass is 210 g/mol. The van der Waals surface area contributed by atoms with E-state index in [-0.39, 0.29) is 11.8 Å². The van der Waals surface area contributed by atoms with Crippen molar-refractivity contribution in [3.63, 3.8) is 0 Å². The van der Waals surface area contributed by atoms with Gasteiger partial charge in [-0.1, -0.05) is 0 Å². The zero-order valence-corrected chi connectivity index (χ0v) is 9.24. The predicted octanol–water partition coefficient (Wildman–Crippen LogP) is 1.26. The van der Waals surface area contributed by atoms with Gasteiger partial charge in [-0.25, -0.2) is 4.79 Å². The van der Waals surface area contributed by atoms with Crippen molar-refractivity contribution in [3.8, 4) is 0 Å². The molecular weight excluding hydrogens is 192 g/mol. The highest BCUT2D eigenvalue weighted by Crippen LogP contribution is 2.29. The Kier molecular flexibility index (Phi) is 2.93. The predicted molar refractivity (Wildman–Crippen MR) is 56.6 cm³/mol. The molecule has 4 heteroatoms. The van der Waals surface area contributed by atoms with Crippen molar-refractivity contribution in [2.45, 2.75) is 38.6 Å². The van der Waals surface area contributed by atoms with Crippen molar-refractivity contribution in [1.82, 2.24) is 9.80 Å². The fraction of sp³-hybridized carbons (Fsp3) is 0.818. The van der Waals surface area contributed by atoms with Gasteiger partial charge in [-0.2, -0.15) is 0 Å². The van der Waals surface area contributed by atoms with Gasteiger partial charge in [-0.05, 0) is 26.2 Å². The summed E-state index contributed by atoms with van der Waals surface area (Å²) in [6.45, 7) is 3.89. The second-order valence-corrected chi connectivity index (χ2v) is 4.50. The molecule has 1 heterocycles. The van der Waals surface area contributed by atoms with E-state index in [0.717, 1.165) is 32.4 Å². The first-order chi connectivity index (χ1) is 7.18. The summed E-state index contributed by atoms with van der Waals surface area (Å²) in [5.74, 6) is 0.159. The van der Waals surface area contributed by atoms with E-state index in [4.69, 9.17) is 0 Å². The lowest BCUT2D eigenvalue weighted by Crippen LogP contribution is -2.50.